The molecule has 0 aliphatic carbocycles. The van der Waals surface area contributed by atoms with E-state index in [0.29, 0.717) is 0 Å². The van der Waals surface area contributed by atoms with Gasteiger partial charge in [0.05, 0.1) is 11.0 Å². The molecule has 2 aromatic rings. The molecule has 3 nitrogen and oxygen atoms in total. The summed E-state index contributed by atoms with van der Waals surface area (Å²) in [4.78, 5) is 4.42. The summed E-state index contributed by atoms with van der Waals surface area (Å²) in [5.74, 6) is 0. The molecule has 1 N–H and O–H groups in total. The van der Waals surface area contributed by atoms with E-state index in [0.717, 1.165) is 16.2 Å². The van der Waals surface area contributed by atoms with Crippen LogP contribution in [-0.4, -0.2) is 14.7 Å². The van der Waals surface area contributed by atoms with Gasteiger partial charge in [0, 0.05) is 0 Å². The Balaban J connectivity index is 2.37. The number of hydrogen-bond acceptors (Lipinski definition) is 3. The zero-order chi connectivity index (χ0) is 9.54. The summed E-state index contributed by atoms with van der Waals surface area (Å²) in [6.45, 7) is 0. The summed E-state index contributed by atoms with van der Waals surface area (Å²) in [5.41, 5.74) is 1.91. The Morgan fingerprint density at radius 3 is 3.14 bits per heavy atom. The van der Waals surface area contributed by atoms with Gasteiger partial charge >= 0.3 is 0 Å². The van der Waals surface area contributed by atoms with Crippen molar-refractivity contribution in [2.24, 2.45) is 0 Å². The number of aromatic nitrogens is 2. The van der Waals surface area contributed by atoms with E-state index in [1.165, 1.54) is 11.8 Å². The van der Waals surface area contributed by atoms with E-state index in [1.807, 2.05) is 34.2 Å². The van der Waals surface area contributed by atoms with Gasteiger partial charge in [-0.2, -0.15) is 0 Å². The molecule has 2 heterocycles. The number of aliphatic hydroxyl groups excluding tert-OH is 1. The van der Waals surface area contributed by atoms with Crippen LogP contribution in [0, 0.1) is 0 Å². The van der Waals surface area contributed by atoms with Crippen molar-refractivity contribution in [2.75, 3.05) is 0 Å². The van der Waals surface area contributed by atoms with Gasteiger partial charge in [0.2, 0.25) is 0 Å². The van der Waals surface area contributed by atoms with Crippen LogP contribution >= 0.6 is 11.8 Å². The highest BCUT2D eigenvalue weighted by atomic mass is 32.2. The van der Waals surface area contributed by atoms with E-state index >= 15 is 0 Å². The number of rotatable bonds is 0. The number of benzene rings is 1. The van der Waals surface area contributed by atoms with Gasteiger partial charge in [-0.15, -0.1) is 0 Å². The average Bonchev–Trinajstić information content (AvgIpc) is 2.57. The molecule has 1 aliphatic heterocycles. The number of hydrogen-bond donors (Lipinski definition) is 1. The molecule has 0 amide bonds. The van der Waals surface area contributed by atoms with Crippen LogP contribution in [0.2, 0.25) is 0 Å². The van der Waals surface area contributed by atoms with Crippen LogP contribution < -0.4 is 0 Å². The standard InChI is InChI=1S/C10H8N2OS/c13-9-5-6-14-10-11-7-3-1-2-4-8(7)12(9)10/h1-6,9,13H/t9-/m0/s1. The molecule has 4 heteroatoms. The first-order valence-electron chi connectivity index (χ1n) is 4.34. The minimum atomic E-state index is -0.585. The van der Waals surface area contributed by atoms with Crippen molar-refractivity contribution in [1.29, 1.82) is 0 Å². The number of nitrogens with zero attached hydrogens (tertiary/aromatic N) is 2. The van der Waals surface area contributed by atoms with Gasteiger partial charge in [-0.1, -0.05) is 23.9 Å². The molecule has 1 aromatic heterocycles. The van der Waals surface area contributed by atoms with Gasteiger partial charge in [0.25, 0.3) is 0 Å². The summed E-state index contributed by atoms with van der Waals surface area (Å²) in [5, 5.41) is 12.5. The van der Waals surface area contributed by atoms with Gasteiger partial charge in [0.1, 0.15) is 0 Å². The number of para-hydroxylation sites is 2. The second-order valence-corrected chi connectivity index (χ2v) is 3.99. The highest BCUT2D eigenvalue weighted by molar-refractivity contribution is 8.02. The van der Waals surface area contributed by atoms with Crippen molar-refractivity contribution in [2.45, 2.75) is 11.4 Å². The molecule has 0 spiro atoms. The summed E-state index contributed by atoms with van der Waals surface area (Å²) in [6, 6.07) is 7.82. The van der Waals surface area contributed by atoms with Crippen molar-refractivity contribution in [1.82, 2.24) is 9.55 Å². The van der Waals surface area contributed by atoms with Crippen LogP contribution in [0.3, 0.4) is 0 Å². The Morgan fingerprint density at radius 1 is 1.36 bits per heavy atom. The first-order chi connectivity index (χ1) is 6.86. The van der Waals surface area contributed by atoms with Gasteiger partial charge in [-0.3, -0.25) is 4.57 Å². The summed E-state index contributed by atoms with van der Waals surface area (Å²) in [6.07, 6.45) is 1.17. The first-order valence-corrected chi connectivity index (χ1v) is 5.22. The lowest BCUT2D eigenvalue weighted by Crippen LogP contribution is -2.08. The van der Waals surface area contributed by atoms with Crippen LogP contribution in [0.25, 0.3) is 11.0 Å². The molecule has 1 atom stereocenters. The van der Waals surface area contributed by atoms with Crippen molar-refractivity contribution < 1.29 is 5.11 Å². The Hall–Kier alpha value is -1.26. The number of fused-ring (bicyclic) bond motifs is 3. The third-order valence-electron chi connectivity index (χ3n) is 2.25. The minimum Gasteiger partial charge on any atom is -0.369 e. The molecular formula is C10H8N2OS. The summed E-state index contributed by atoms with van der Waals surface area (Å²) in [7, 11) is 0. The Morgan fingerprint density at radius 2 is 2.21 bits per heavy atom. The lowest BCUT2D eigenvalue weighted by molar-refractivity contribution is 0.148. The normalized spacial score (nSPS) is 19.9. The molecule has 0 radical (unpaired) electrons. The number of thioether (sulfide) groups is 1. The summed E-state index contributed by atoms with van der Waals surface area (Å²) >= 11 is 1.53. The quantitative estimate of drug-likeness (QED) is 0.714. The molecule has 0 bridgehead atoms. The third-order valence-corrected chi connectivity index (χ3v) is 3.04. The SMILES string of the molecule is O[C@H]1C=CSc2nc3ccccc3n21. The zero-order valence-corrected chi connectivity index (χ0v) is 8.11. The van der Waals surface area contributed by atoms with Gasteiger partial charge in [-0.05, 0) is 23.6 Å². The average molecular weight is 204 g/mol. The molecule has 1 aromatic carbocycles. The second-order valence-electron chi connectivity index (χ2n) is 3.11. The topological polar surface area (TPSA) is 38.1 Å². The fourth-order valence-electron chi connectivity index (χ4n) is 1.62. The molecule has 14 heavy (non-hydrogen) atoms. The lowest BCUT2D eigenvalue weighted by atomic mass is 10.3. The van der Waals surface area contributed by atoms with Crippen LogP contribution in [0.4, 0.5) is 0 Å². The molecule has 0 saturated carbocycles. The van der Waals surface area contributed by atoms with E-state index in [9.17, 15) is 5.11 Å². The maximum atomic E-state index is 9.77. The fourth-order valence-corrected chi connectivity index (χ4v) is 2.43. The molecule has 0 saturated heterocycles. The first kappa shape index (κ1) is 8.08. The zero-order valence-electron chi connectivity index (χ0n) is 7.29. The van der Waals surface area contributed by atoms with E-state index < -0.39 is 6.23 Å². The maximum absolute atomic E-state index is 9.77. The van der Waals surface area contributed by atoms with E-state index in [4.69, 9.17) is 0 Å². The minimum absolute atomic E-state index is 0.585. The number of imidazole rings is 1. The maximum Gasteiger partial charge on any atom is 0.175 e. The Bertz CT molecular complexity index is 518. The molecule has 3 rings (SSSR count). The van der Waals surface area contributed by atoms with Gasteiger partial charge in [0.15, 0.2) is 11.4 Å². The third kappa shape index (κ3) is 1.01. The van der Waals surface area contributed by atoms with Crippen molar-refractivity contribution in [3.05, 3.63) is 35.7 Å². The number of aliphatic hydroxyl groups is 1. The predicted octanol–water partition coefficient (Wildman–Crippen LogP) is 2.15. The van der Waals surface area contributed by atoms with Crippen LogP contribution in [0.1, 0.15) is 6.23 Å². The predicted molar refractivity (Wildman–Crippen MR) is 56.0 cm³/mol. The van der Waals surface area contributed by atoms with Gasteiger partial charge < -0.3 is 5.11 Å². The Kier molecular flexibility index (Phi) is 1.65. The Labute approximate surface area is 85.1 Å². The highest BCUT2D eigenvalue weighted by Crippen LogP contribution is 2.31. The largest absolute Gasteiger partial charge is 0.369 e. The van der Waals surface area contributed by atoms with E-state index in [-0.39, 0.29) is 0 Å². The van der Waals surface area contributed by atoms with E-state index in [1.54, 1.807) is 6.08 Å². The highest BCUT2D eigenvalue weighted by Gasteiger charge is 2.17. The molecule has 0 unspecified atom stereocenters. The van der Waals surface area contributed by atoms with Crippen LogP contribution in [0.5, 0.6) is 0 Å². The van der Waals surface area contributed by atoms with Gasteiger partial charge in [-0.25, -0.2) is 4.98 Å². The second kappa shape index (κ2) is 2.87. The lowest BCUT2D eigenvalue weighted by Gasteiger charge is -2.14. The monoisotopic (exact) mass is 204 g/mol. The molecular weight excluding hydrogens is 196 g/mol. The van der Waals surface area contributed by atoms with Crippen LogP contribution in [-0.2, 0) is 0 Å². The smallest absolute Gasteiger partial charge is 0.175 e. The molecule has 1 aliphatic rings. The van der Waals surface area contributed by atoms with E-state index in [2.05, 4.69) is 4.98 Å². The summed E-state index contributed by atoms with van der Waals surface area (Å²) < 4.78 is 1.83. The van der Waals surface area contributed by atoms with Crippen LogP contribution in [0.15, 0.2) is 40.9 Å². The molecule has 70 valence electrons. The molecule has 0 fully saturated rings. The van der Waals surface area contributed by atoms with Crippen molar-refractivity contribution in [3.63, 3.8) is 0 Å². The van der Waals surface area contributed by atoms with Crippen molar-refractivity contribution >= 4 is 22.8 Å². The fraction of sp³-hybridized carbons (Fsp3) is 0.100. The van der Waals surface area contributed by atoms with Crippen molar-refractivity contribution in [3.8, 4) is 0 Å².